The Morgan fingerprint density at radius 1 is 1.06 bits per heavy atom. The summed E-state index contributed by atoms with van der Waals surface area (Å²) in [5.74, 6) is -0.350. The van der Waals surface area contributed by atoms with Crippen LogP contribution in [0.3, 0.4) is 0 Å². The predicted molar refractivity (Wildman–Crippen MR) is 133 cm³/mol. The highest BCUT2D eigenvalue weighted by atomic mass is 32.2. The molecule has 0 aliphatic heterocycles. The lowest BCUT2D eigenvalue weighted by molar-refractivity contribution is -0.121. The second kappa shape index (κ2) is 12.3. The summed E-state index contributed by atoms with van der Waals surface area (Å²) >= 11 is 0. The van der Waals surface area contributed by atoms with Gasteiger partial charge in [-0.05, 0) is 61.9 Å². The molecule has 0 bridgehead atoms. The van der Waals surface area contributed by atoms with Crippen LogP contribution in [0.5, 0.6) is 0 Å². The molecule has 0 fully saturated rings. The number of terminal acetylenes is 1. The highest BCUT2D eigenvalue weighted by Crippen LogP contribution is 2.19. The normalized spacial score (nSPS) is 11.5. The highest BCUT2D eigenvalue weighted by molar-refractivity contribution is 7.89. The summed E-state index contributed by atoms with van der Waals surface area (Å²) in [7, 11) is -3.82. The topological polar surface area (TPSA) is 66.5 Å². The van der Waals surface area contributed by atoms with E-state index in [1.54, 1.807) is 45.0 Å². The van der Waals surface area contributed by atoms with E-state index in [-0.39, 0.29) is 16.5 Å². The third-order valence-corrected chi connectivity index (χ3v) is 5.50. The van der Waals surface area contributed by atoms with Crippen molar-refractivity contribution in [1.29, 1.82) is 0 Å². The molecule has 6 heteroatoms. The molecule has 0 aliphatic rings. The maximum absolute atomic E-state index is 12.8. The summed E-state index contributed by atoms with van der Waals surface area (Å²) in [5, 5.41) is 1.77. The van der Waals surface area contributed by atoms with Gasteiger partial charge in [0, 0.05) is 23.5 Å². The van der Waals surface area contributed by atoms with Gasteiger partial charge in [0.05, 0.1) is 4.90 Å². The fourth-order valence-corrected chi connectivity index (χ4v) is 3.74. The van der Waals surface area contributed by atoms with E-state index < -0.39 is 10.0 Å². The fourth-order valence-electron chi connectivity index (χ4n) is 2.63. The molecule has 0 atom stereocenters. The molecule has 0 heterocycles. The average molecular weight is 451 g/mol. The molecule has 0 spiro atoms. The second-order valence-corrected chi connectivity index (χ2v) is 8.46. The van der Waals surface area contributed by atoms with Gasteiger partial charge in [0.25, 0.3) is 15.9 Å². The van der Waals surface area contributed by atoms with E-state index in [1.807, 2.05) is 38.1 Å². The zero-order valence-electron chi connectivity index (χ0n) is 19.2. The quantitative estimate of drug-likeness (QED) is 0.262. The molecule has 2 rings (SSSR count). The molecular formula is C26H30N2O3S. The Balaban J connectivity index is 0.00000249. The van der Waals surface area contributed by atoms with Gasteiger partial charge in [-0.25, -0.2) is 13.3 Å². The number of nitrogens with zero attached hydrogens (tertiary/aromatic N) is 1. The highest BCUT2D eigenvalue weighted by Gasteiger charge is 2.15. The van der Waals surface area contributed by atoms with Gasteiger partial charge in [-0.15, -0.1) is 0 Å². The van der Waals surface area contributed by atoms with Crippen LogP contribution in [0.2, 0.25) is 0 Å². The Morgan fingerprint density at radius 2 is 1.69 bits per heavy atom. The average Bonchev–Trinajstić information content (AvgIpc) is 2.77. The van der Waals surface area contributed by atoms with Crippen molar-refractivity contribution in [3.63, 3.8) is 0 Å². The Kier molecular flexibility index (Phi) is 10.2. The van der Waals surface area contributed by atoms with Crippen LogP contribution in [0.4, 0.5) is 0 Å². The molecule has 0 radical (unpaired) electrons. The minimum atomic E-state index is -3.82. The molecule has 168 valence electrons. The summed E-state index contributed by atoms with van der Waals surface area (Å²) in [6, 6.07) is 14.7. The molecule has 32 heavy (non-hydrogen) atoms. The van der Waals surface area contributed by atoms with E-state index in [0.717, 1.165) is 21.2 Å². The molecule has 2 aromatic rings. The Hall–Kier alpha value is -3.56. The first-order valence-corrected chi connectivity index (χ1v) is 11.6. The monoisotopic (exact) mass is 450 g/mol. The third kappa shape index (κ3) is 7.29. The first-order valence-electron chi connectivity index (χ1n) is 10.2. The zero-order valence-corrected chi connectivity index (χ0v) is 20.0. The van der Waals surface area contributed by atoms with Crippen LogP contribution < -0.4 is 4.72 Å². The molecular weight excluding hydrogens is 420 g/mol. The first-order chi connectivity index (χ1) is 15.2. The summed E-state index contributed by atoms with van der Waals surface area (Å²) in [6.07, 6.45) is 11.3. The van der Waals surface area contributed by atoms with E-state index >= 15 is 0 Å². The molecule has 0 aliphatic carbocycles. The number of hydrogen-bond donors (Lipinski definition) is 1. The van der Waals surface area contributed by atoms with E-state index in [0.29, 0.717) is 5.70 Å². The number of rotatable bonds is 7. The van der Waals surface area contributed by atoms with E-state index in [9.17, 15) is 13.2 Å². The van der Waals surface area contributed by atoms with Crippen LogP contribution in [-0.2, 0) is 14.8 Å². The predicted octanol–water partition coefficient (Wildman–Crippen LogP) is 5.50. The van der Waals surface area contributed by atoms with Crippen molar-refractivity contribution in [3.05, 3.63) is 90.3 Å². The molecule has 5 nitrogen and oxygen atoms in total. The Labute approximate surface area is 191 Å². The first kappa shape index (κ1) is 26.5. The third-order valence-electron chi connectivity index (χ3n) is 4.12. The minimum Gasteiger partial charge on any atom is -0.280 e. The van der Waals surface area contributed by atoms with E-state index in [2.05, 4.69) is 17.3 Å². The lowest BCUT2D eigenvalue weighted by Gasteiger charge is -2.14. The van der Waals surface area contributed by atoms with Crippen molar-refractivity contribution >= 4 is 26.7 Å². The number of carbonyl (C=O) groups is 1. The van der Waals surface area contributed by atoms with Crippen LogP contribution in [0.15, 0.2) is 95.2 Å². The molecule has 0 saturated heterocycles. The maximum atomic E-state index is 12.8. The van der Waals surface area contributed by atoms with Gasteiger partial charge >= 0.3 is 0 Å². The molecule has 0 unspecified atom stereocenters. The maximum Gasteiger partial charge on any atom is 0.262 e. The molecule has 0 aromatic heterocycles. The lowest BCUT2D eigenvalue weighted by Crippen LogP contribution is -2.23. The summed E-state index contributed by atoms with van der Waals surface area (Å²) < 4.78 is 28.1. The van der Waals surface area contributed by atoms with Gasteiger partial charge in [0.2, 0.25) is 0 Å². The van der Waals surface area contributed by atoms with Crippen molar-refractivity contribution in [1.82, 2.24) is 9.62 Å². The number of hydrogen-bond acceptors (Lipinski definition) is 3. The van der Waals surface area contributed by atoms with Crippen LogP contribution >= 0.6 is 0 Å². The van der Waals surface area contributed by atoms with Crippen LogP contribution in [0.1, 0.15) is 34.6 Å². The standard InChI is InChI=1S/C24H24N2O3S.C2H6/c1-6-22(14-12-19(5)26(7-2)24(27)16-18(3)4)25-30(28,29)23-15-13-20-10-8-9-11-21(20)17-23;1-2/h2,6,8-17,25H,1H2,3-5H3;1-2H3/b19-12+,22-14+;. The fraction of sp³-hybridized carbons (Fsp3) is 0.192. The number of benzene rings is 2. The number of carbonyl (C=O) groups excluding carboxylic acids is 1. The summed E-state index contributed by atoms with van der Waals surface area (Å²) in [5.41, 5.74) is 1.52. The van der Waals surface area contributed by atoms with Crippen molar-refractivity contribution in [2.24, 2.45) is 0 Å². The van der Waals surface area contributed by atoms with Gasteiger partial charge in [0.1, 0.15) is 0 Å². The van der Waals surface area contributed by atoms with Gasteiger partial charge in [-0.2, -0.15) is 0 Å². The number of amides is 1. The summed E-state index contributed by atoms with van der Waals surface area (Å²) in [6.45, 7) is 12.9. The van der Waals surface area contributed by atoms with E-state index in [1.165, 1.54) is 18.2 Å². The molecule has 2 aromatic carbocycles. The number of sulfonamides is 1. The van der Waals surface area contributed by atoms with Crippen LogP contribution in [0.25, 0.3) is 10.8 Å². The molecule has 1 amide bonds. The molecule has 1 N–H and O–H groups in total. The van der Waals surface area contributed by atoms with Gasteiger partial charge in [-0.1, -0.05) is 62.8 Å². The largest absolute Gasteiger partial charge is 0.280 e. The molecule has 0 saturated carbocycles. The smallest absolute Gasteiger partial charge is 0.262 e. The van der Waals surface area contributed by atoms with Crippen LogP contribution in [-0.4, -0.2) is 19.2 Å². The van der Waals surface area contributed by atoms with Crippen molar-refractivity contribution in [3.8, 4) is 12.5 Å². The Morgan fingerprint density at radius 3 is 2.25 bits per heavy atom. The van der Waals surface area contributed by atoms with Gasteiger partial charge in [0.15, 0.2) is 0 Å². The second-order valence-electron chi connectivity index (χ2n) is 6.77. The number of allylic oxidation sites excluding steroid dienone is 5. The van der Waals surface area contributed by atoms with Gasteiger partial charge in [-0.3, -0.25) is 9.52 Å². The zero-order chi connectivity index (χ0) is 24.3. The Bertz CT molecular complexity index is 1210. The minimum absolute atomic E-state index is 0.138. The van der Waals surface area contributed by atoms with Gasteiger partial charge < -0.3 is 0 Å². The van der Waals surface area contributed by atoms with Crippen molar-refractivity contribution in [2.75, 3.05) is 0 Å². The van der Waals surface area contributed by atoms with Crippen molar-refractivity contribution < 1.29 is 13.2 Å². The number of nitrogens with one attached hydrogen (secondary N) is 1. The number of fused-ring (bicyclic) bond motifs is 1. The van der Waals surface area contributed by atoms with E-state index in [4.69, 9.17) is 6.42 Å². The van der Waals surface area contributed by atoms with Crippen molar-refractivity contribution in [2.45, 2.75) is 39.5 Å². The SMILES string of the molecule is C#CN(C(=O)C=C(C)C)/C(C)=C/C=C(\C=C)NS(=O)(=O)c1ccc2ccccc2c1.CC. The summed E-state index contributed by atoms with van der Waals surface area (Å²) in [4.78, 5) is 13.5. The van der Waals surface area contributed by atoms with Crippen LogP contribution in [0, 0.1) is 12.5 Å². The lowest BCUT2D eigenvalue weighted by atomic mass is 10.1.